The molecule has 3 heterocycles. The third-order valence-corrected chi connectivity index (χ3v) is 4.06. The van der Waals surface area contributed by atoms with Crippen LogP contribution in [0.3, 0.4) is 0 Å². The molecule has 1 unspecified atom stereocenters. The molecule has 7 nitrogen and oxygen atoms in total. The smallest absolute Gasteiger partial charge is 0.217 e. The molecule has 23 heavy (non-hydrogen) atoms. The second kappa shape index (κ2) is 6.87. The van der Waals surface area contributed by atoms with Gasteiger partial charge >= 0.3 is 0 Å². The fourth-order valence-electron chi connectivity index (χ4n) is 2.98. The van der Waals surface area contributed by atoms with E-state index < -0.39 is 0 Å². The summed E-state index contributed by atoms with van der Waals surface area (Å²) in [6.45, 7) is 3.85. The predicted molar refractivity (Wildman–Crippen MR) is 85.1 cm³/mol. The molecule has 3 rings (SSSR count). The Morgan fingerprint density at radius 3 is 3.09 bits per heavy atom. The number of amides is 1. The van der Waals surface area contributed by atoms with E-state index >= 15 is 0 Å². The van der Waals surface area contributed by atoms with Crippen molar-refractivity contribution >= 4 is 5.91 Å². The summed E-state index contributed by atoms with van der Waals surface area (Å²) in [6.07, 6.45) is 7.93. The Balaban J connectivity index is 1.71. The van der Waals surface area contributed by atoms with Gasteiger partial charge in [-0.15, -0.1) is 0 Å². The van der Waals surface area contributed by atoms with Crippen molar-refractivity contribution in [1.82, 2.24) is 30.0 Å². The SMILES string of the molecule is CC(=O)NCc1ccnc(C2CCCN2Cc2cnn(C)c2)n1. The van der Waals surface area contributed by atoms with Gasteiger partial charge in [0, 0.05) is 38.5 Å². The van der Waals surface area contributed by atoms with E-state index in [1.165, 1.54) is 12.5 Å². The van der Waals surface area contributed by atoms with E-state index in [2.05, 4.69) is 25.3 Å². The maximum Gasteiger partial charge on any atom is 0.217 e. The lowest BCUT2D eigenvalue weighted by molar-refractivity contribution is -0.119. The van der Waals surface area contributed by atoms with E-state index in [9.17, 15) is 4.79 Å². The van der Waals surface area contributed by atoms with Gasteiger partial charge in [0.15, 0.2) is 0 Å². The Labute approximate surface area is 135 Å². The Morgan fingerprint density at radius 2 is 2.35 bits per heavy atom. The highest BCUT2D eigenvalue weighted by molar-refractivity contribution is 5.72. The van der Waals surface area contributed by atoms with Crippen molar-refractivity contribution in [3.8, 4) is 0 Å². The first-order chi connectivity index (χ1) is 11.1. The van der Waals surface area contributed by atoms with Crippen LogP contribution in [-0.2, 0) is 24.9 Å². The molecule has 0 spiro atoms. The van der Waals surface area contributed by atoms with Gasteiger partial charge < -0.3 is 5.32 Å². The Bertz CT molecular complexity index is 683. The van der Waals surface area contributed by atoms with Gasteiger partial charge in [-0.1, -0.05) is 0 Å². The zero-order valence-electron chi connectivity index (χ0n) is 13.6. The summed E-state index contributed by atoms with van der Waals surface area (Å²) in [5, 5.41) is 7.01. The molecule has 0 radical (unpaired) electrons. The summed E-state index contributed by atoms with van der Waals surface area (Å²) in [5.74, 6) is 0.790. The molecule has 0 saturated carbocycles. The number of nitrogens with one attached hydrogen (secondary N) is 1. The van der Waals surface area contributed by atoms with Crippen molar-refractivity contribution in [1.29, 1.82) is 0 Å². The quantitative estimate of drug-likeness (QED) is 0.897. The van der Waals surface area contributed by atoms with Crippen molar-refractivity contribution in [3.63, 3.8) is 0 Å². The maximum atomic E-state index is 11.0. The number of hydrogen-bond acceptors (Lipinski definition) is 5. The van der Waals surface area contributed by atoms with Crippen LogP contribution in [-0.4, -0.2) is 37.1 Å². The third-order valence-electron chi connectivity index (χ3n) is 4.06. The van der Waals surface area contributed by atoms with Crippen LogP contribution in [0, 0.1) is 0 Å². The van der Waals surface area contributed by atoms with E-state index in [-0.39, 0.29) is 11.9 Å². The molecule has 0 aliphatic carbocycles. The number of carbonyl (C=O) groups is 1. The van der Waals surface area contributed by atoms with Crippen LogP contribution < -0.4 is 5.32 Å². The summed E-state index contributed by atoms with van der Waals surface area (Å²) < 4.78 is 1.82. The molecule has 2 aromatic heterocycles. The first kappa shape index (κ1) is 15.6. The van der Waals surface area contributed by atoms with Crippen molar-refractivity contribution in [2.24, 2.45) is 7.05 Å². The van der Waals surface area contributed by atoms with Gasteiger partial charge in [-0.2, -0.15) is 5.10 Å². The highest BCUT2D eigenvalue weighted by Gasteiger charge is 2.28. The van der Waals surface area contributed by atoms with Gasteiger partial charge in [-0.3, -0.25) is 14.4 Å². The van der Waals surface area contributed by atoms with Crippen LogP contribution in [0.1, 0.15) is 42.9 Å². The lowest BCUT2D eigenvalue weighted by Crippen LogP contribution is -2.25. The van der Waals surface area contributed by atoms with Crippen LogP contribution in [0.2, 0.25) is 0 Å². The van der Waals surface area contributed by atoms with E-state index in [1.807, 2.05) is 30.2 Å². The highest BCUT2D eigenvalue weighted by atomic mass is 16.1. The van der Waals surface area contributed by atoms with Crippen molar-refractivity contribution in [3.05, 3.63) is 41.7 Å². The number of hydrogen-bond donors (Lipinski definition) is 1. The molecule has 1 atom stereocenters. The van der Waals surface area contributed by atoms with E-state index in [0.717, 1.165) is 37.4 Å². The molecule has 0 bridgehead atoms. The minimum absolute atomic E-state index is 0.0516. The first-order valence-electron chi connectivity index (χ1n) is 7.89. The minimum Gasteiger partial charge on any atom is -0.351 e. The number of nitrogens with zero attached hydrogens (tertiary/aromatic N) is 5. The molecule has 2 aromatic rings. The highest BCUT2D eigenvalue weighted by Crippen LogP contribution is 2.31. The van der Waals surface area contributed by atoms with Gasteiger partial charge in [0.1, 0.15) is 5.82 Å². The molecule has 1 saturated heterocycles. The van der Waals surface area contributed by atoms with E-state index in [4.69, 9.17) is 0 Å². The molecule has 122 valence electrons. The number of likely N-dealkylation sites (tertiary alicyclic amines) is 1. The number of aromatic nitrogens is 4. The van der Waals surface area contributed by atoms with Crippen molar-refractivity contribution in [2.45, 2.75) is 38.9 Å². The Hall–Kier alpha value is -2.28. The number of carbonyl (C=O) groups excluding carboxylic acids is 1. The van der Waals surface area contributed by atoms with Crippen LogP contribution >= 0.6 is 0 Å². The van der Waals surface area contributed by atoms with E-state index in [0.29, 0.717) is 6.54 Å². The van der Waals surface area contributed by atoms with Crippen LogP contribution in [0.5, 0.6) is 0 Å². The van der Waals surface area contributed by atoms with Crippen LogP contribution in [0.25, 0.3) is 0 Å². The molecule has 7 heteroatoms. The normalized spacial score (nSPS) is 18.3. The summed E-state index contributed by atoms with van der Waals surface area (Å²) in [4.78, 5) is 22.5. The molecular weight excluding hydrogens is 292 g/mol. The summed E-state index contributed by atoms with van der Waals surface area (Å²) >= 11 is 0. The monoisotopic (exact) mass is 314 g/mol. The minimum atomic E-state index is -0.0516. The largest absolute Gasteiger partial charge is 0.351 e. The first-order valence-corrected chi connectivity index (χ1v) is 7.89. The predicted octanol–water partition coefficient (Wildman–Crippen LogP) is 1.18. The molecular formula is C16H22N6O. The zero-order chi connectivity index (χ0) is 16.2. The zero-order valence-corrected chi connectivity index (χ0v) is 13.6. The van der Waals surface area contributed by atoms with Gasteiger partial charge in [0.2, 0.25) is 5.91 Å². The fourth-order valence-corrected chi connectivity index (χ4v) is 2.98. The second-order valence-electron chi connectivity index (χ2n) is 5.97. The summed E-state index contributed by atoms with van der Waals surface area (Å²) in [5.41, 5.74) is 2.05. The summed E-state index contributed by atoms with van der Waals surface area (Å²) in [7, 11) is 1.93. The second-order valence-corrected chi connectivity index (χ2v) is 5.97. The topological polar surface area (TPSA) is 75.9 Å². The lowest BCUT2D eigenvalue weighted by atomic mass is 10.2. The number of aryl methyl sites for hydroxylation is 1. The molecule has 1 aliphatic heterocycles. The average Bonchev–Trinajstić information content (AvgIpc) is 3.15. The van der Waals surface area contributed by atoms with Crippen LogP contribution in [0.4, 0.5) is 0 Å². The molecule has 1 N–H and O–H groups in total. The Morgan fingerprint density at radius 1 is 1.48 bits per heavy atom. The van der Waals surface area contributed by atoms with E-state index in [1.54, 1.807) is 6.20 Å². The lowest BCUT2D eigenvalue weighted by Gasteiger charge is -2.22. The molecule has 1 fully saturated rings. The Kier molecular flexibility index (Phi) is 4.66. The van der Waals surface area contributed by atoms with Gasteiger partial charge in [-0.25, -0.2) is 9.97 Å². The molecule has 1 aliphatic rings. The summed E-state index contributed by atoms with van der Waals surface area (Å²) in [6, 6.07) is 2.08. The number of rotatable bonds is 5. The van der Waals surface area contributed by atoms with Gasteiger partial charge in [-0.05, 0) is 25.5 Å². The average molecular weight is 314 g/mol. The van der Waals surface area contributed by atoms with Crippen molar-refractivity contribution < 1.29 is 4.79 Å². The third kappa shape index (κ3) is 3.92. The van der Waals surface area contributed by atoms with Gasteiger partial charge in [0.25, 0.3) is 0 Å². The van der Waals surface area contributed by atoms with Crippen LogP contribution in [0.15, 0.2) is 24.7 Å². The van der Waals surface area contributed by atoms with Crippen molar-refractivity contribution in [2.75, 3.05) is 6.54 Å². The molecule has 1 amide bonds. The van der Waals surface area contributed by atoms with Gasteiger partial charge in [0.05, 0.1) is 24.5 Å². The maximum absolute atomic E-state index is 11.0. The fraction of sp³-hybridized carbons (Fsp3) is 0.500. The molecule has 0 aromatic carbocycles. The standard InChI is InChI=1S/C16H22N6O/c1-12(23)18-9-14-5-6-17-16(20-14)15-4-3-7-22(15)11-13-8-19-21(2)10-13/h5-6,8,10,15H,3-4,7,9,11H2,1-2H3,(H,18,23).